The van der Waals surface area contributed by atoms with E-state index in [1.165, 1.54) is 6.08 Å². The van der Waals surface area contributed by atoms with Crippen LogP contribution >= 0.6 is 0 Å². The zero-order valence-corrected chi connectivity index (χ0v) is 22.6. The summed E-state index contributed by atoms with van der Waals surface area (Å²) in [6.45, 7) is 8.75. The van der Waals surface area contributed by atoms with Crippen LogP contribution in [0.2, 0.25) is 0 Å². The minimum atomic E-state index is -1.27. The SMILES string of the molecule is C=CCOc1ccc(C[C@H](NC(=O)C(C)=O)C(=O)N[C@@H](CCCCN=C(N)N)C(=O)N[C@@H](CC=C)C(=O)O)cc1. The smallest absolute Gasteiger partial charge is 0.326 e. The zero-order valence-electron chi connectivity index (χ0n) is 22.6. The third-order valence-electron chi connectivity index (χ3n) is 5.52. The highest BCUT2D eigenvalue weighted by molar-refractivity contribution is 6.35. The molecule has 0 unspecified atom stereocenters. The summed E-state index contributed by atoms with van der Waals surface area (Å²) in [5.74, 6) is -4.01. The van der Waals surface area contributed by atoms with Crippen molar-refractivity contribution in [2.45, 2.75) is 57.2 Å². The van der Waals surface area contributed by atoms with Crippen molar-refractivity contribution in [2.24, 2.45) is 16.5 Å². The minimum Gasteiger partial charge on any atom is -0.490 e. The molecule has 0 radical (unpaired) electrons. The first kappa shape index (κ1) is 33.3. The fourth-order valence-corrected chi connectivity index (χ4v) is 3.45. The molecule has 0 aliphatic rings. The average Bonchev–Trinajstić information content (AvgIpc) is 2.90. The molecule has 0 spiro atoms. The number of nitrogens with one attached hydrogen (secondary N) is 3. The van der Waals surface area contributed by atoms with Crippen LogP contribution in [-0.2, 0) is 30.4 Å². The summed E-state index contributed by atoms with van der Waals surface area (Å²) in [6, 6.07) is 3.14. The molecule has 0 aromatic heterocycles. The first-order chi connectivity index (χ1) is 19.0. The van der Waals surface area contributed by atoms with Crippen molar-refractivity contribution >= 4 is 35.4 Å². The van der Waals surface area contributed by atoms with Gasteiger partial charge in [0, 0.05) is 19.9 Å². The Kier molecular flexibility index (Phi) is 14.8. The molecular formula is C27H38N6O7. The van der Waals surface area contributed by atoms with E-state index < -0.39 is 47.6 Å². The first-order valence-electron chi connectivity index (χ1n) is 12.6. The monoisotopic (exact) mass is 558 g/mol. The second-order valence-electron chi connectivity index (χ2n) is 8.82. The number of nitrogens with zero attached hydrogens (tertiary/aromatic N) is 1. The quantitative estimate of drug-likeness (QED) is 0.0440. The second kappa shape index (κ2) is 17.8. The highest BCUT2D eigenvalue weighted by Gasteiger charge is 2.29. The number of carbonyl (C=O) groups excluding carboxylic acids is 4. The minimum absolute atomic E-state index is 0.000360. The van der Waals surface area contributed by atoms with Crippen LogP contribution in [0.4, 0.5) is 0 Å². The number of ketones is 1. The lowest BCUT2D eigenvalue weighted by atomic mass is 10.0. The number of guanidine groups is 1. The number of carboxylic acids is 1. The van der Waals surface area contributed by atoms with Crippen molar-refractivity contribution in [2.75, 3.05) is 13.2 Å². The summed E-state index contributed by atoms with van der Waals surface area (Å²) in [4.78, 5) is 65.5. The lowest BCUT2D eigenvalue weighted by molar-refractivity contribution is -0.142. The molecule has 1 rings (SSSR count). The van der Waals surface area contributed by atoms with Gasteiger partial charge in [-0.2, -0.15) is 0 Å². The molecule has 0 aliphatic heterocycles. The topological polar surface area (TPSA) is 215 Å². The van der Waals surface area contributed by atoms with Crippen LogP contribution in [0.3, 0.4) is 0 Å². The van der Waals surface area contributed by atoms with Crippen molar-refractivity contribution in [3.63, 3.8) is 0 Å². The number of rotatable bonds is 19. The van der Waals surface area contributed by atoms with E-state index in [-0.39, 0.29) is 25.2 Å². The van der Waals surface area contributed by atoms with E-state index in [2.05, 4.69) is 34.1 Å². The number of Topliss-reactive ketones (excluding diaryl/α,β-unsaturated/α-hetero) is 1. The molecule has 1 aromatic rings. The van der Waals surface area contributed by atoms with E-state index in [4.69, 9.17) is 16.2 Å². The van der Waals surface area contributed by atoms with Gasteiger partial charge >= 0.3 is 5.97 Å². The van der Waals surface area contributed by atoms with Crippen molar-refractivity contribution < 1.29 is 33.8 Å². The average molecular weight is 559 g/mol. The fraction of sp³-hybridized carbons (Fsp3) is 0.407. The maximum Gasteiger partial charge on any atom is 0.326 e. The molecular weight excluding hydrogens is 520 g/mol. The Hall–Kier alpha value is -4.68. The number of unbranched alkanes of at least 4 members (excludes halogenated alkanes) is 1. The molecule has 0 fully saturated rings. The number of nitrogens with two attached hydrogens (primary N) is 2. The summed E-state index contributed by atoms with van der Waals surface area (Å²) in [6.07, 6.45) is 3.93. The molecule has 40 heavy (non-hydrogen) atoms. The molecule has 3 atom stereocenters. The predicted molar refractivity (Wildman–Crippen MR) is 149 cm³/mol. The number of hydrogen-bond donors (Lipinski definition) is 6. The van der Waals surface area contributed by atoms with Gasteiger partial charge < -0.3 is 37.3 Å². The van der Waals surface area contributed by atoms with E-state index in [1.54, 1.807) is 30.3 Å². The molecule has 0 saturated carbocycles. The maximum atomic E-state index is 13.3. The highest BCUT2D eigenvalue weighted by Crippen LogP contribution is 2.14. The summed E-state index contributed by atoms with van der Waals surface area (Å²) < 4.78 is 5.45. The molecule has 13 nitrogen and oxygen atoms in total. The number of amides is 3. The molecule has 0 saturated heterocycles. The number of aliphatic carboxylic acids is 1. The van der Waals surface area contributed by atoms with Gasteiger partial charge in [0.05, 0.1) is 0 Å². The Balaban J connectivity index is 3.12. The molecule has 13 heteroatoms. The Bertz CT molecular complexity index is 1080. The Morgan fingerprint density at radius 3 is 2.12 bits per heavy atom. The van der Waals surface area contributed by atoms with Crippen molar-refractivity contribution in [3.05, 3.63) is 55.1 Å². The normalized spacial score (nSPS) is 12.5. The maximum absolute atomic E-state index is 13.3. The standard InChI is InChI=1S/C27H38N6O7/c1-4-8-21(26(38)39)32-24(36)20(9-6-7-14-30-27(28)29)31-25(37)22(33-23(35)17(3)34)16-18-10-12-19(13-11-18)40-15-5-2/h4-5,10-13,20-22H,1-2,6-9,14-16H2,3H3,(H,31,37)(H,32,36)(H,33,35)(H,38,39)(H4,28,29,30)/t20-,21-,22-/m0/s1. The van der Waals surface area contributed by atoms with Gasteiger partial charge in [0.25, 0.3) is 5.91 Å². The first-order valence-corrected chi connectivity index (χ1v) is 12.6. The Morgan fingerprint density at radius 1 is 0.950 bits per heavy atom. The number of carboxylic acid groups (broad SMARTS) is 1. The van der Waals surface area contributed by atoms with E-state index >= 15 is 0 Å². The second-order valence-corrected chi connectivity index (χ2v) is 8.82. The predicted octanol–water partition coefficient (Wildman–Crippen LogP) is -0.0583. The van der Waals surface area contributed by atoms with E-state index in [9.17, 15) is 29.1 Å². The van der Waals surface area contributed by atoms with Gasteiger partial charge in [-0.25, -0.2) is 4.79 Å². The molecule has 0 bridgehead atoms. The number of ether oxygens (including phenoxy) is 1. The molecule has 3 amide bonds. The summed E-state index contributed by atoms with van der Waals surface area (Å²) in [5.41, 5.74) is 11.3. The van der Waals surface area contributed by atoms with Crippen LogP contribution in [0.1, 0.15) is 38.2 Å². The van der Waals surface area contributed by atoms with E-state index in [0.29, 0.717) is 37.3 Å². The Labute approximate surface area is 233 Å². The van der Waals surface area contributed by atoms with E-state index in [1.807, 2.05) is 0 Å². The van der Waals surface area contributed by atoms with Crippen LogP contribution in [0.15, 0.2) is 54.6 Å². The molecule has 8 N–H and O–H groups in total. The van der Waals surface area contributed by atoms with Gasteiger partial charge in [-0.05, 0) is 43.4 Å². The van der Waals surface area contributed by atoms with Crippen LogP contribution in [0, 0.1) is 0 Å². The Morgan fingerprint density at radius 2 is 1.57 bits per heavy atom. The van der Waals surface area contributed by atoms with Crippen molar-refractivity contribution in [3.8, 4) is 5.75 Å². The van der Waals surface area contributed by atoms with Gasteiger partial charge in [-0.3, -0.25) is 24.2 Å². The highest BCUT2D eigenvalue weighted by atomic mass is 16.5. The van der Waals surface area contributed by atoms with Crippen LogP contribution in [-0.4, -0.2) is 71.8 Å². The van der Waals surface area contributed by atoms with Crippen LogP contribution in [0.5, 0.6) is 5.75 Å². The van der Waals surface area contributed by atoms with Crippen LogP contribution in [0.25, 0.3) is 0 Å². The van der Waals surface area contributed by atoms with Gasteiger partial charge in [-0.15, -0.1) is 6.58 Å². The number of benzene rings is 1. The zero-order chi connectivity index (χ0) is 30.1. The lowest BCUT2D eigenvalue weighted by Gasteiger charge is -2.24. The van der Waals surface area contributed by atoms with Crippen molar-refractivity contribution in [1.29, 1.82) is 0 Å². The number of hydrogen-bond acceptors (Lipinski definition) is 7. The molecule has 1 aromatic carbocycles. The summed E-state index contributed by atoms with van der Waals surface area (Å²) >= 11 is 0. The van der Waals surface area contributed by atoms with Gasteiger partial charge in [0.15, 0.2) is 5.96 Å². The van der Waals surface area contributed by atoms with Crippen LogP contribution < -0.4 is 32.2 Å². The lowest BCUT2D eigenvalue weighted by Crippen LogP contribution is -2.56. The van der Waals surface area contributed by atoms with Gasteiger partial charge in [-0.1, -0.05) is 30.9 Å². The third kappa shape index (κ3) is 12.7. The fourth-order valence-electron chi connectivity index (χ4n) is 3.45. The van der Waals surface area contributed by atoms with Gasteiger partial charge in [0.2, 0.25) is 17.6 Å². The summed E-state index contributed by atoms with van der Waals surface area (Å²) in [7, 11) is 0. The van der Waals surface area contributed by atoms with Crippen molar-refractivity contribution in [1.82, 2.24) is 16.0 Å². The number of carbonyl (C=O) groups is 5. The van der Waals surface area contributed by atoms with Gasteiger partial charge in [0.1, 0.15) is 30.5 Å². The molecule has 218 valence electrons. The number of aliphatic imine (C=N–C) groups is 1. The van der Waals surface area contributed by atoms with E-state index in [0.717, 1.165) is 6.92 Å². The largest absolute Gasteiger partial charge is 0.490 e. The third-order valence-corrected chi connectivity index (χ3v) is 5.52. The molecule has 0 aliphatic carbocycles. The summed E-state index contributed by atoms with van der Waals surface area (Å²) in [5, 5.41) is 16.8. The molecule has 0 heterocycles.